The van der Waals surface area contributed by atoms with Gasteiger partial charge in [-0.25, -0.2) is 17.6 Å². The Kier molecular flexibility index (Phi) is 20.6. The molecule has 1 saturated carbocycles. The van der Waals surface area contributed by atoms with Crippen LogP contribution in [0.5, 0.6) is 0 Å². The summed E-state index contributed by atoms with van der Waals surface area (Å²) in [4.78, 5) is 0. The van der Waals surface area contributed by atoms with E-state index in [0.717, 1.165) is 42.1 Å². The van der Waals surface area contributed by atoms with Gasteiger partial charge in [-0.1, -0.05) is 101 Å². The van der Waals surface area contributed by atoms with Crippen LogP contribution in [0, 0.1) is 75.6 Å². The van der Waals surface area contributed by atoms with Crippen molar-refractivity contribution in [1.29, 1.82) is 0 Å². The predicted octanol–water partition coefficient (Wildman–Crippen LogP) is 12.4. The Labute approximate surface area is 266 Å². The number of aryl methyl sites for hydroxylation is 5. The van der Waals surface area contributed by atoms with Crippen LogP contribution in [-0.4, -0.2) is 12.7 Å². The van der Waals surface area contributed by atoms with Gasteiger partial charge in [-0.2, -0.15) is 0 Å². The van der Waals surface area contributed by atoms with Gasteiger partial charge in [-0.05, 0) is 107 Å². The summed E-state index contributed by atoms with van der Waals surface area (Å²) in [6.07, 6.45) is 9.01. The number of hydrogen-bond donors (Lipinski definition) is 0. The SMILES string of the molecule is C.CC1CCC(C)CC1.CC1CCC(C)OC1.Cc1cc(F)c(F)c(F)c1.Cc1ccc(C)c(F)c1.Cc1ccc(C)cc1. The molecule has 0 radical (unpaired) electrons. The van der Waals surface area contributed by atoms with E-state index >= 15 is 0 Å². The summed E-state index contributed by atoms with van der Waals surface area (Å²) in [5.74, 6) is -0.973. The van der Waals surface area contributed by atoms with Crippen LogP contribution in [0.15, 0.2) is 54.6 Å². The highest BCUT2D eigenvalue weighted by molar-refractivity contribution is 5.22. The lowest BCUT2D eigenvalue weighted by Gasteiger charge is -2.23. The number of halogens is 4. The minimum atomic E-state index is -1.41. The second-order valence-electron chi connectivity index (χ2n) is 12.6. The maximum atomic E-state index is 12.6. The summed E-state index contributed by atoms with van der Waals surface area (Å²) in [6, 6.07) is 15.6. The first-order valence-corrected chi connectivity index (χ1v) is 15.7. The molecule has 2 atom stereocenters. The van der Waals surface area contributed by atoms with Gasteiger partial charge in [0, 0.05) is 6.61 Å². The molecule has 1 saturated heterocycles. The maximum Gasteiger partial charge on any atom is 0.194 e. The zero-order chi connectivity index (χ0) is 32.5. The van der Waals surface area contributed by atoms with E-state index in [-0.39, 0.29) is 13.2 Å². The van der Waals surface area contributed by atoms with Gasteiger partial charge in [0.05, 0.1) is 6.10 Å². The molecule has 1 nitrogen and oxygen atoms in total. The molecule has 5 heteroatoms. The van der Waals surface area contributed by atoms with Gasteiger partial charge >= 0.3 is 0 Å². The zero-order valence-corrected chi connectivity index (χ0v) is 27.9. The zero-order valence-electron chi connectivity index (χ0n) is 27.9. The molecular weight excluding hydrogens is 560 g/mol. The molecule has 2 fully saturated rings. The third-order valence-corrected chi connectivity index (χ3v) is 7.71. The van der Waals surface area contributed by atoms with Crippen LogP contribution >= 0.6 is 0 Å². The number of ether oxygens (including phenoxy) is 1. The standard InChI is InChI=1S/C8H9F.C8H16.C8H10.C7H5F3.C7H14O.CH4/c1-6-3-4-7(2)8(9)5-6;2*1-7-3-5-8(2)6-4-7;1-4-2-5(8)7(10)6(9)3-4;1-6-3-4-7(2)8-5-6;/h3-5H,1-2H3;7-8H,3-6H2,1-2H3;3-6H,1-2H3;2-3H,1H3;6-7H,3-5H2,1-2H3;1H4. The molecule has 0 spiro atoms. The van der Waals surface area contributed by atoms with Crippen LogP contribution in [0.1, 0.15) is 101 Å². The lowest BCUT2D eigenvalue weighted by atomic mass is 9.84. The quantitative estimate of drug-likeness (QED) is 0.180. The highest BCUT2D eigenvalue weighted by atomic mass is 19.2. The lowest BCUT2D eigenvalue weighted by molar-refractivity contribution is 0.000266. The summed E-state index contributed by atoms with van der Waals surface area (Å²) >= 11 is 0. The van der Waals surface area contributed by atoms with Crippen molar-refractivity contribution < 1.29 is 22.3 Å². The minimum absolute atomic E-state index is 0. The molecular formula is C39H58F4O. The van der Waals surface area contributed by atoms with Crippen molar-refractivity contribution in [2.45, 2.75) is 114 Å². The Hall–Kier alpha value is -2.66. The number of rotatable bonds is 0. The van der Waals surface area contributed by atoms with E-state index in [1.54, 1.807) is 13.0 Å². The van der Waals surface area contributed by atoms with Gasteiger partial charge < -0.3 is 4.74 Å². The van der Waals surface area contributed by atoms with Crippen LogP contribution in [-0.2, 0) is 4.74 Å². The average molecular weight is 619 g/mol. The molecule has 44 heavy (non-hydrogen) atoms. The largest absolute Gasteiger partial charge is 0.378 e. The Bertz CT molecular complexity index is 1090. The molecule has 0 aromatic heterocycles. The summed E-state index contributed by atoms with van der Waals surface area (Å²) in [5.41, 5.74) is 4.71. The van der Waals surface area contributed by atoms with Crippen molar-refractivity contribution in [3.8, 4) is 0 Å². The molecule has 1 aliphatic carbocycles. The average Bonchev–Trinajstić information content (AvgIpc) is 2.96. The normalized spacial score (nSPS) is 20.4. The number of benzene rings is 3. The third-order valence-electron chi connectivity index (χ3n) is 7.71. The van der Waals surface area contributed by atoms with Gasteiger partial charge in [0.2, 0.25) is 0 Å². The number of hydrogen-bond acceptors (Lipinski definition) is 1. The first-order valence-electron chi connectivity index (χ1n) is 15.7. The molecule has 0 amide bonds. The van der Waals surface area contributed by atoms with Gasteiger partial charge in [0.1, 0.15) is 5.82 Å². The van der Waals surface area contributed by atoms with Crippen molar-refractivity contribution >= 4 is 0 Å². The van der Waals surface area contributed by atoms with E-state index in [4.69, 9.17) is 4.74 Å². The predicted molar refractivity (Wildman–Crippen MR) is 180 cm³/mol. The smallest absolute Gasteiger partial charge is 0.194 e. The highest BCUT2D eigenvalue weighted by Gasteiger charge is 2.14. The van der Waals surface area contributed by atoms with Crippen molar-refractivity contribution in [1.82, 2.24) is 0 Å². The molecule has 1 aliphatic heterocycles. The second kappa shape index (κ2) is 21.9. The summed E-state index contributed by atoms with van der Waals surface area (Å²) < 4.78 is 54.6. The molecule has 1 heterocycles. The van der Waals surface area contributed by atoms with Crippen LogP contribution in [0.4, 0.5) is 17.6 Å². The van der Waals surface area contributed by atoms with Gasteiger partial charge in [-0.15, -0.1) is 0 Å². The van der Waals surface area contributed by atoms with E-state index in [1.165, 1.54) is 62.6 Å². The van der Waals surface area contributed by atoms with Crippen LogP contribution in [0.3, 0.4) is 0 Å². The van der Waals surface area contributed by atoms with Crippen molar-refractivity contribution in [2.75, 3.05) is 6.61 Å². The lowest BCUT2D eigenvalue weighted by Crippen LogP contribution is -2.21. The van der Waals surface area contributed by atoms with Crippen LogP contribution in [0.25, 0.3) is 0 Å². The molecule has 0 N–H and O–H groups in total. The Balaban J connectivity index is 0.000000524. The van der Waals surface area contributed by atoms with E-state index in [0.29, 0.717) is 17.2 Å². The van der Waals surface area contributed by atoms with Crippen LogP contribution in [0.2, 0.25) is 0 Å². The van der Waals surface area contributed by atoms with Gasteiger partial charge in [-0.3, -0.25) is 0 Å². The molecule has 2 aliphatic rings. The summed E-state index contributed by atoms with van der Waals surface area (Å²) in [7, 11) is 0. The first-order chi connectivity index (χ1) is 20.2. The second-order valence-corrected chi connectivity index (χ2v) is 12.6. The van der Waals surface area contributed by atoms with E-state index in [1.807, 2.05) is 13.0 Å². The third kappa shape index (κ3) is 18.2. The fourth-order valence-electron chi connectivity index (χ4n) is 4.46. The minimum Gasteiger partial charge on any atom is -0.378 e. The monoisotopic (exact) mass is 618 g/mol. The first kappa shape index (κ1) is 41.3. The summed E-state index contributed by atoms with van der Waals surface area (Å²) in [6.45, 7) is 19.4. The Morgan fingerprint density at radius 3 is 1.23 bits per heavy atom. The van der Waals surface area contributed by atoms with E-state index < -0.39 is 17.5 Å². The van der Waals surface area contributed by atoms with E-state index in [9.17, 15) is 17.6 Å². The van der Waals surface area contributed by atoms with Crippen molar-refractivity contribution in [3.63, 3.8) is 0 Å². The maximum absolute atomic E-state index is 12.6. The molecule has 3 aromatic rings. The van der Waals surface area contributed by atoms with Crippen molar-refractivity contribution in [2.24, 2.45) is 17.8 Å². The Morgan fingerprint density at radius 2 is 0.886 bits per heavy atom. The molecule has 3 aromatic carbocycles. The topological polar surface area (TPSA) is 9.23 Å². The molecule has 5 rings (SSSR count). The highest BCUT2D eigenvalue weighted by Crippen LogP contribution is 2.27. The van der Waals surface area contributed by atoms with Crippen LogP contribution < -0.4 is 0 Å². The van der Waals surface area contributed by atoms with Gasteiger partial charge in [0.15, 0.2) is 17.5 Å². The fraction of sp³-hybridized carbons (Fsp3) is 0.538. The van der Waals surface area contributed by atoms with E-state index in [2.05, 4.69) is 65.8 Å². The summed E-state index contributed by atoms with van der Waals surface area (Å²) in [5, 5.41) is 0. The van der Waals surface area contributed by atoms with Gasteiger partial charge in [0.25, 0.3) is 0 Å². The molecule has 0 bridgehead atoms. The van der Waals surface area contributed by atoms with Crippen molar-refractivity contribution in [3.05, 3.63) is 106 Å². The Morgan fingerprint density at radius 1 is 0.500 bits per heavy atom. The molecule has 2 unspecified atom stereocenters. The fourth-order valence-corrected chi connectivity index (χ4v) is 4.46. The molecule has 248 valence electrons.